The van der Waals surface area contributed by atoms with Crippen LogP contribution in [0, 0.1) is 22.0 Å². The molecule has 0 unspecified atom stereocenters. The molecule has 0 aliphatic carbocycles. The molecule has 0 aliphatic heterocycles. The minimum absolute atomic E-state index is 0.0834. The maximum atomic E-state index is 10.5. The minimum Gasteiger partial charge on any atom is -0.303 e. The molecule has 2 atom stereocenters. The first-order valence-electron chi connectivity index (χ1n) is 4.68. The van der Waals surface area contributed by atoms with Crippen molar-refractivity contribution in [2.45, 2.75) is 33.1 Å². The number of nitrogens with zero attached hydrogens (tertiary/aromatic N) is 1. The fourth-order valence-electron chi connectivity index (χ4n) is 1.29. The number of rotatable bonds is 7. The molecule has 0 N–H and O–H groups in total. The lowest BCUT2D eigenvalue weighted by Gasteiger charge is -2.14. The van der Waals surface area contributed by atoms with E-state index in [0.717, 1.165) is 25.5 Å². The monoisotopic (exact) mass is 187 g/mol. The number of carbonyl (C=O) groups is 1. The van der Waals surface area contributed by atoms with Gasteiger partial charge in [0, 0.05) is 16.8 Å². The van der Waals surface area contributed by atoms with Crippen LogP contribution in [0.2, 0.25) is 0 Å². The van der Waals surface area contributed by atoms with Crippen molar-refractivity contribution >= 4 is 6.29 Å². The summed E-state index contributed by atoms with van der Waals surface area (Å²) in [6.07, 6.45) is 3.55. The van der Waals surface area contributed by atoms with E-state index in [4.69, 9.17) is 0 Å². The zero-order valence-electron chi connectivity index (χ0n) is 8.23. The number of hydrogen-bond donors (Lipinski definition) is 0. The summed E-state index contributed by atoms with van der Waals surface area (Å²) in [7, 11) is 0. The van der Waals surface area contributed by atoms with Crippen LogP contribution in [-0.2, 0) is 4.79 Å². The van der Waals surface area contributed by atoms with E-state index in [9.17, 15) is 14.9 Å². The summed E-state index contributed by atoms with van der Waals surface area (Å²) < 4.78 is 0. The summed E-state index contributed by atoms with van der Waals surface area (Å²) in [5.41, 5.74) is 0. The van der Waals surface area contributed by atoms with Crippen molar-refractivity contribution in [1.82, 2.24) is 0 Å². The summed E-state index contributed by atoms with van der Waals surface area (Å²) >= 11 is 0. The van der Waals surface area contributed by atoms with Gasteiger partial charge in [0.1, 0.15) is 6.29 Å². The predicted octanol–water partition coefficient (Wildman–Crippen LogP) is 1.90. The van der Waals surface area contributed by atoms with E-state index in [2.05, 4.69) is 0 Å². The van der Waals surface area contributed by atoms with Crippen LogP contribution in [0.5, 0.6) is 0 Å². The van der Waals surface area contributed by atoms with Crippen molar-refractivity contribution < 1.29 is 9.72 Å². The topological polar surface area (TPSA) is 60.2 Å². The van der Waals surface area contributed by atoms with Gasteiger partial charge in [-0.25, -0.2) is 0 Å². The minimum atomic E-state index is -0.333. The Kier molecular flexibility index (Phi) is 6.10. The number of nitro groups is 1. The molecule has 0 saturated heterocycles. The van der Waals surface area contributed by atoms with Crippen LogP contribution in [0.15, 0.2) is 0 Å². The average molecular weight is 187 g/mol. The highest BCUT2D eigenvalue weighted by Crippen LogP contribution is 2.17. The number of carbonyl (C=O) groups excluding carboxylic acids is 1. The third-order valence-corrected chi connectivity index (χ3v) is 2.27. The first-order chi connectivity index (χ1) is 6.11. The molecule has 0 rings (SSSR count). The van der Waals surface area contributed by atoms with E-state index in [1.54, 1.807) is 6.92 Å². The van der Waals surface area contributed by atoms with Crippen molar-refractivity contribution in [3.05, 3.63) is 10.1 Å². The van der Waals surface area contributed by atoms with Gasteiger partial charge in [-0.2, -0.15) is 0 Å². The van der Waals surface area contributed by atoms with E-state index >= 15 is 0 Å². The Morgan fingerprint density at radius 2 is 2.15 bits per heavy atom. The zero-order valence-corrected chi connectivity index (χ0v) is 8.23. The summed E-state index contributed by atoms with van der Waals surface area (Å²) in [5, 5.41) is 10.3. The van der Waals surface area contributed by atoms with Gasteiger partial charge in [0.25, 0.3) is 0 Å². The van der Waals surface area contributed by atoms with Gasteiger partial charge in [0.05, 0.1) is 0 Å². The SMILES string of the molecule is CCCC[C@@H](C[N+](=O)[O-])[C@@H](C)C=O. The Hall–Kier alpha value is -0.930. The molecule has 0 aromatic carbocycles. The van der Waals surface area contributed by atoms with Gasteiger partial charge in [0.15, 0.2) is 0 Å². The van der Waals surface area contributed by atoms with Crippen molar-refractivity contribution in [1.29, 1.82) is 0 Å². The van der Waals surface area contributed by atoms with Crippen LogP contribution < -0.4 is 0 Å². The van der Waals surface area contributed by atoms with Crippen LogP contribution in [0.4, 0.5) is 0 Å². The standard InChI is InChI=1S/C9H17NO3/c1-3-4-5-9(6-10(12)13)8(2)7-11/h7-9H,3-6H2,1-2H3/t8-,9-/m0/s1. The molecule has 0 heterocycles. The molecule has 0 aromatic rings. The van der Waals surface area contributed by atoms with Crippen molar-refractivity contribution in [3.63, 3.8) is 0 Å². The van der Waals surface area contributed by atoms with E-state index in [-0.39, 0.29) is 23.3 Å². The van der Waals surface area contributed by atoms with Gasteiger partial charge >= 0.3 is 0 Å². The fraction of sp³-hybridized carbons (Fsp3) is 0.889. The normalized spacial score (nSPS) is 14.9. The lowest BCUT2D eigenvalue weighted by molar-refractivity contribution is -0.489. The molecule has 0 aliphatic rings. The Balaban J connectivity index is 4.01. The number of aldehydes is 1. The fourth-order valence-corrected chi connectivity index (χ4v) is 1.29. The molecular formula is C9H17NO3. The van der Waals surface area contributed by atoms with Gasteiger partial charge in [-0.15, -0.1) is 0 Å². The molecule has 0 amide bonds. The smallest absolute Gasteiger partial charge is 0.207 e. The maximum Gasteiger partial charge on any atom is 0.207 e. The highest BCUT2D eigenvalue weighted by atomic mass is 16.6. The van der Waals surface area contributed by atoms with Gasteiger partial charge in [-0.1, -0.05) is 26.7 Å². The third-order valence-electron chi connectivity index (χ3n) is 2.27. The molecular weight excluding hydrogens is 170 g/mol. The van der Waals surface area contributed by atoms with Crippen molar-refractivity contribution in [3.8, 4) is 0 Å². The first kappa shape index (κ1) is 12.1. The Morgan fingerprint density at radius 3 is 2.54 bits per heavy atom. The third kappa shape index (κ3) is 5.33. The van der Waals surface area contributed by atoms with E-state index in [0.29, 0.717) is 0 Å². The molecule has 76 valence electrons. The van der Waals surface area contributed by atoms with Crippen LogP contribution in [0.3, 0.4) is 0 Å². The summed E-state index contributed by atoms with van der Waals surface area (Å²) in [6.45, 7) is 3.70. The highest BCUT2D eigenvalue weighted by molar-refractivity contribution is 5.53. The van der Waals surface area contributed by atoms with Crippen LogP contribution in [0.25, 0.3) is 0 Å². The molecule has 4 nitrogen and oxygen atoms in total. The molecule has 0 radical (unpaired) electrons. The number of unbranched alkanes of at least 4 members (excludes halogenated alkanes) is 1. The van der Waals surface area contributed by atoms with Crippen LogP contribution in [-0.4, -0.2) is 17.8 Å². The van der Waals surface area contributed by atoms with Gasteiger partial charge < -0.3 is 4.79 Å². The summed E-state index contributed by atoms with van der Waals surface area (Å²) in [5.74, 6) is -0.288. The first-order valence-corrected chi connectivity index (χ1v) is 4.68. The van der Waals surface area contributed by atoms with Crippen LogP contribution in [0.1, 0.15) is 33.1 Å². The molecule has 4 heteroatoms. The largest absolute Gasteiger partial charge is 0.303 e. The molecule has 0 aromatic heterocycles. The quantitative estimate of drug-likeness (QED) is 0.347. The van der Waals surface area contributed by atoms with Gasteiger partial charge in [-0.3, -0.25) is 10.1 Å². The predicted molar refractivity (Wildman–Crippen MR) is 50.1 cm³/mol. The number of hydrogen-bond acceptors (Lipinski definition) is 3. The van der Waals surface area contributed by atoms with Crippen molar-refractivity contribution in [2.24, 2.45) is 11.8 Å². The lowest BCUT2D eigenvalue weighted by Crippen LogP contribution is -2.22. The molecule has 13 heavy (non-hydrogen) atoms. The highest BCUT2D eigenvalue weighted by Gasteiger charge is 2.21. The molecule has 0 fully saturated rings. The second kappa shape index (κ2) is 6.57. The molecule has 0 saturated carbocycles. The summed E-state index contributed by atoms with van der Waals surface area (Å²) in [4.78, 5) is 20.4. The van der Waals surface area contributed by atoms with E-state index < -0.39 is 0 Å². The molecule has 0 spiro atoms. The van der Waals surface area contributed by atoms with Gasteiger partial charge in [0.2, 0.25) is 6.54 Å². The Morgan fingerprint density at radius 1 is 1.54 bits per heavy atom. The van der Waals surface area contributed by atoms with E-state index in [1.165, 1.54) is 0 Å². The maximum absolute atomic E-state index is 10.5. The van der Waals surface area contributed by atoms with Crippen LogP contribution >= 0.6 is 0 Å². The average Bonchev–Trinajstić information content (AvgIpc) is 2.10. The second-order valence-electron chi connectivity index (χ2n) is 3.41. The zero-order chi connectivity index (χ0) is 10.3. The van der Waals surface area contributed by atoms with Crippen molar-refractivity contribution in [2.75, 3.05) is 6.54 Å². The Labute approximate surface area is 78.5 Å². The summed E-state index contributed by atoms with van der Waals surface area (Å²) in [6, 6.07) is 0. The lowest BCUT2D eigenvalue weighted by atomic mass is 9.90. The second-order valence-corrected chi connectivity index (χ2v) is 3.41. The molecule has 0 bridgehead atoms. The Bertz CT molecular complexity index is 170. The van der Waals surface area contributed by atoms with Gasteiger partial charge in [-0.05, 0) is 6.42 Å². The van der Waals surface area contributed by atoms with E-state index in [1.807, 2.05) is 6.92 Å².